The number of rotatable bonds is 5. The molecule has 0 saturated carbocycles. The number of phenolic OH excluding ortho intramolecular Hbond substituents is 2. The quantitative estimate of drug-likeness (QED) is 0.635. The highest BCUT2D eigenvalue weighted by Crippen LogP contribution is 2.24. The molecule has 4 N–H and O–H groups in total. The third-order valence-electron chi connectivity index (χ3n) is 3.21. The van der Waals surface area contributed by atoms with Crippen LogP contribution >= 0.6 is 0 Å². The van der Waals surface area contributed by atoms with Crippen molar-refractivity contribution in [2.24, 2.45) is 0 Å². The van der Waals surface area contributed by atoms with Crippen LogP contribution in [0.2, 0.25) is 0 Å². The predicted molar refractivity (Wildman–Crippen MR) is 86.6 cm³/mol. The molecule has 0 heterocycles. The first kappa shape index (κ1) is 16.4. The van der Waals surface area contributed by atoms with Gasteiger partial charge in [-0.25, -0.2) is 0 Å². The maximum atomic E-state index is 12.0. The number of phenols is 2. The molecule has 0 atom stereocenters. The van der Waals surface area contributed by atoms with E-state index >= 15 is 0 Å². The normalized spacial score (nSPS) is 10.1. The van der Waals surface area contributed by atoms with Crippen LogP contribution in [0.25, 0.3) is 0 Å². The van der Waals surface area contributed by atoms with E-state index in [9.17, 15) is 19.8 Å². The Labute approximate surface area is 133 Å². The van der Waals surface area contributed by atoms with E-state index in [1.807, 2.05) is 0 Å². The minimum atomic E-state index is -0.220. The summed E-state index contributed by atoms with van der Waals surface area (Å²) in [5.41, 5.74) is 1.93. The van der Waals surface area contributed by atoms with Gasteiger partial charge < -0.3 is 20.8 Å². The van der Waals surface area contributed by atoms with Crippen LogP contribution in [-0.4, -0.2) is 28.6 Å². The minimum absolute atomic E-state index is 0.167. The molecular weight excluding hydrogens is 296 g/mol. The maximum absolute atomic E-state index is 12.0. The first-order valence-corrected chi connectivity index (χ1v) is 7.12. The van der Waals surface area contributed by atoms with E-state index in [1.165, 1.54) is 19.1 Å². The Morgan fingerprint density at radius 2 is 1.70 bits per heavy atom. The molecule has 6 heteroatoms. The zero-order chi connectivity index (χ0) is 16.8. The highest BCUT2D eigenvalue weighted by atomic mass is 16.3. The summed E-state index contributed by atoms with van der Waals surface area (Å²) in [5, 5.41) is 24.0. The molecule has 0 bridgehead atoms. The molecule has 0 unspecified atom stereocenters. The molecule has 23 heavy (non-hydrogen) atoms. The lowest BCUT2D eigenvalue weighted by molar-refractivity contribution is -0.114. The molecule has 2 aromatic carbocycles. The van der Waals surface area contributed by atoms with Crippen LogP contribution in [0.4, 0.5) is 5.69 Å². The maximum Gasteiger partial charge on any atom is 0.251 e. The molecule has 0 fully saturated rings. The summed E-state index contributed by atoms with van der Waals surface area (Å²) in [6, 6.07) is 11.1. The van der Waals surface area contributed by atoms with Crippen LogP contribution in [0.15, 0.2) is 42.5 Å². The van der Waals surface area contributed by atoms with Crippen molar-refractivity contribution < 1.29 is 19.8 Å². The number of aromatic hydroxyl groups is 2. The van der Waals surface area contributed by atoms with Gasteiger partial charge in [0.2, 0.25) is 5.91 Å². The van der Waals surface area contributed by atoms with Crippen molar-refractivity contribution in [3.05, 3.63) is 53.6 Å². The Kier molecular flexibility index (Phi) is 5.19. The second kappa shape index (κ2) is 7.31. The topological polar surface area (TPSA) is 98.7 Å². The average Bonchev–Trinajstić information content (AvgIpc) is 2.51. The molecule has 0 aliphatic carbocycles. The van der Waals surface area contributed by atoms with Crippen LogP contribution in [0.3, 0.4) is 0 Å². The van der Waals surface area contributed by atoms with Crippen molar-refractivity contribution in [2.75, 3.05) is 11.9 Å². The second-order valence-electron chi connectivity index (χ2n) is 5.09. The number of anilines is 1. The molecule has 0 radical (unpaired) electrons. The number of carbonyl (C=O) groups is 2. The smallest absolute Gasteiger partial charge is 0.251 e. The lowest BCUT2D eigenvalue weighted by atomic mass is 10.1. The molecule has 120 valence electrons. The monoisotopic (exact) mass is 314 g/mol. The number of hydrogen-bond acceptors (Lipinski definition) is 4. The Morgan fingerprint density at radius 3 is 2.30 bits per heavy atom. The third kappa shape index (κ3) is 4.74. The van der Waals surface area contributed by atoms with Crippen molar-refractivity contribution in [1.29, 1.82) is 0 Å². The van der Waals surface area contributed by atoms with Crippen LogP contribution in [0.5, 0.6) is 11.5 Å². The van der Waals surface area contributed by atoms with Gasteiger partial charge in [0, 0.05) is 24.7 Å². The van der Waals surface area contributed by atoms with E-state index < -0.39 is 0 Å². The molecular formula is C17H18N2O4. The largest absolute Gasteiger partial charge is 0.504 e. The van der Waals surface area contributed by atoms with Gasteiger partial charge in [0.05, 0.1) is 0 Å². The van der Waals surface area contributed by atoms with E-state index in [2.05, 4.69) is 10.6 Å². The third-order valence-corrected chi connectivity index (χ3v) is 3.21. The van der Waals surface area contributed by atoms with E-state index in [1.54, 1.807) is 30.3 Å². The summed E-state index contributed by atoms with van der Waals surface area (Å²) in [7, 11) is 0. The van der Waals surface area contributed by atoms with Crippen LogP contribution in [0, 0.1) is 0 Å². The standard InChI is InChI=1S/C17H18N2O4/c1-11(20)19-14-5-3-13(4-6-14)17(23)18-9-8-12-2-7-15(21)16(22)10-12/h2-7,10,21-22H,8-9H2,1H3,(H,18,23)(H,19,20). The SMILES string of the molecule is CC(=O)Nc1ccc(C(=O)NCCc2ccc(O)c(O)c2)cc1. The minimum Gasteiger partial charge on any atom is -0.504 e. The zero-order valence-corrected chi connectivity index (χ0v) is 12.7. The lowest BCUT2D eigenvalue weighted by Crippen LogP contribution is -2.25. The van der Waals surface area contributed by atoms with Crippen LogP contribution in [0.1, 0.15) is 22.8 Å². The number of nitrogens with one attached hydrogen (secondary N) is 2. The summed E-state index contributed by atoms with van der Waals surface area (Å²) >= 11 is 0. The van der Waals surface area contributed by atoms with Crippen molar-refractivity contribution in [1.82, 2.24) is 5.32 Å². The Balaban J connectivity index is 1.86. The molecule has 6 nitrogen and oxygen atoms in total. The van der Waals surface area contributed by atoms with Crippen molar-refractivity contribution in [2.45, 2.75) is 13.3 Å². The molecule has 0 aliphatic heterocycles. The van der Waals surface area contributed by atoms with E-state index in [0.717, 1.165) is 5.56 Å². The first-order valence-electron chi connectivity index (χ1n) is 7.12. The van der Waals surface area contributed by atoms with Crippen LogP contribution in [-0.2, 0) is 11.2 Å². The fourth-order valence-corrected chi connectivity index (χ4v) is 2.06. The molecule has 0 aromatic heterocycles. The first-order chi connectivity index (χ1) is 11.0. The number of carbonyl (C=O) groups excluding carboxylic acids is 2. The zero-order valence-electron chi connectivity index (χ0n) is 12.7. The van der Waals surface area contributed by atoms with Crippen molar-refractivity contribution >= 4 is 17.5 Å². The van der Waals surface area contributed by atoms with E-state index in [-0.39, 0.29) is 23.3 Å². The Bertz CT molecular complexity index is 711. The number of hydrogen-bond donors (Lipinski definition) is 4. The van der Waals surface area contributed by atoms with Gasteiger partial charge >= 0.3 is 0 Å². The van der Waals surface area contributed by atoms with Gasteiger partial charge in [-0.1, -0.05) is 6.07 Å². The molecule has 2 rings (SSSR count). The van der Waals surface area contributed by atoms with E-state index in [0.29, 0.717) is 24.2 Å². The lowest BCUT2D eigenvalue weighted by Gasteiger charge is -2.07. The average molecular weight is 314 g/mol. The summed E-state index contributed by atoms with van der Waals surface area (Å²) in [6.07, 6.45) is 0.531. The van der Waals surface area contributed by atoms with Gasteiger partial charge in [0.25, 0.3) is 5.91 Å². The van der Waals surface area contributed by atoms with Gasteiger partial charge in [-0.05, 0) is 48.4 Å². The predicted octanol–water partition coefficient (Wildman–Crippen LogP) is 2.03. The van der Waals surface area contributed by atoms with E-state index in [4.69, 9.17) is 0 Å². The van der Waals surface area contributed by atoms with Crippen LogP contribution < -0.4 is 10.6 Å². The van der Waals surface area contributed by atoms with Crippen molar-refractivity contribution in [3.63, 3.8) is 0 Å². The number of amides is 2. The Hall–Kier alpha value is -3.02. The highest BCUT2D eigenvalue weighted by Gasteiger charge is 2.06. The fraction of sp³-hybridized carbons (Fsp3) is 0.176. The highest BCUT2D eigenvalue weighted by molar-refractivity contribution is 5.95. The van der Waals surface area contributed by atoms with Gasteiger partial charge in [-0.15, -0.1) is 0 Å². The fourth-order valence-electron chi connectivity index (χ4n) is 2.06. The summed E-state index contributed by atoms with van der Waals surface area (Å²) in [6.45, 7) is 1.82. The molecule has 2 amide bonds. The van der Waals surface area contributed by atoms with Gasteiger partial charge in [-0.3, -0.25) is 9.59 Å². The van der Waals surface area contributed by atoms with Crippen molar-refractivity contribution in [3.8, 4) is 11.5 Å². The van der Waals surface area contributed by atoms with Gasteiger partial charge in [0.1, 0.15) is 0 Å². The second-order valence-corrected chi connectivity index (χ2v) is 5.09. The molecule has 0 spiro atoms. The summed E-state index contributed by atoms with van der Waals surface area (Å²) in [4.78, 5) is 22.9. The molecule has 0 aliphatic rings. The summed E-state index contributed by atoms with van der Waals surface area (Å²) in [5.74, 6) is -0.735. The summed E-state index contributed by atoms with van der Waals surface area (Å²) < 4.78 is 0. The molecule has 2 aromatic rings. The Morgan fingerprint density at radius 1 is 1.00 bits per heavy atom. The van der Waals surface area contributed by atoms with Gasteiger partial charge in [0.15, 0.2) is 11.5 Å². The molecule has 0 saturated heterocycles. The number of benzene rings is 2. The van der Waals surface area contributed by atoms with Gasteiger partial charge in [-0.2, -0.15) is 0 Å².